The van der Waals surface area contributed by atoms with Gasteiger partial charge in [0.05, 0.1) is 46.7 Å². The molecule has 0 saturated carbocycles. The summed E-state index contributed by atoms with van der Waals surface area (Å²) in [6.45, 7) is 3.81. The highest BCUT2D eigenvalue weighted by Crippen LogP contribution is 2.52. The van der Waals surface area contributed by atoms with E-state index in [0.717, 1.165) is 6.42 Å². The summed E-state index contributed by atoms with van der Waals surface area (Å²) in [6, 6.07) is 6.43. The van der Waals surface area contributed by atoms with E-state index < -0.39 is 23.4 Å². The Labute approximate surface area is 221 Å². The monoisotopic (exact) mass is 526 g/mol. The summed E-state index contributed by atoms with van der Waals surface area (Å²) in [5.41, 5.74) is -0.0245. The maximum absolute atomic E-state index is 13.8. The fourth-order valence-electron chi connectivity index (χ4n) is 4.90. The first-order chi connectivity index (χ1) is 18.2. The van der Waals surface area contributed by atoms with Crippen molar-refractivity contribution in [2.45, 2.75) is 33.1 Å². The molecule has 0 spiro atoms. The van der Waals surface area contributed by atoms with Crippen LogP contribution in [0.15, 0.2) is 24.3 Å². The summed E-state index contributed by atoms with van der Waals surface area (Å²) in [4.78, 5) is 26.8. The van der Waals surface area contributed by atoms with Crippen molar-refractivity contribution in [3.63, 3.8) is 0 Å². The van der Waals surface area contributed by atoms with Crippen LogP contribution in [0.4, 0.5) is 0 Å². The van der Waals surface area contributed by atoms with Gasteiger partial charge < -0.3 is 33.9 Å². The predicted molar refractivity (Wildman–Crippen MR) is 144 cm³/mol. The number of methoxy groups -OCH3 is 5. The zero-order valence-electron chi connectivity index (χ0n) is 22.8. The maximum atomic E-state index is 13.8. The summed E-state index contributed by atoms with van der Waals surface area (Å²) >= 11 is 0. The number of phenolic OH excluding ortho intramolecular Hbond substituents is 1. The average molecular weight is 527 g/mol. The number of carbonyl (C=O) groups is 2. The largest absolute Gasteiger partial charge is 0.507 e. The highest BCUT2D eigenvalue weighted by atomic mass is 16.5. The normalized spacial score (nSPS) is 11.7. The molecule has 9 heteroatoms. The highest BCUT2D eigenvalue weighted by molar-refractivity contribution is 6.21. The van der Waals surface area contributed by atoms with E-state index in [1.165, 1.54) is 41.6 Å². The van der Waals surface area contributed by atoms with Gasteiger partial charge in [0.25, 0.3) is 0 Å². The van der Waals surface area contributed by atoms with Gasteiger partial charge in [-0.15, -0.1) is 0 Å². The third-order valence-corrected chi connectivity index (χ3v) is 6.71. The van der Waals surface area contributed by atoms with Crippen molar-refractivity contribution in [1.29, 1.82) is 0 Å². The Hall–Kier alpha value is -4.14. The minimum atomic E-state index is -1.38. The first-order valence-electron chi connectivity index (χ1n) is 12.3. The Bertz CT molecular complexity index is 1360. The van der Waals surface area contributed by atoms with E-state index in [2.05, 4.69) is 0 Å². The van der Waals surface area contributed by atoms with Crippen LogP contribution in [0.25, 0.3) is 21.9 Å². The molecule has 0 amide bonds. The van der Waals surface area contributed by atoms with E-state index in [1.807, 2.05) is 13.8 Å². The molecular weight excluding hydrogens is 492 g/mol. The molecule has 38 heavy (non-hydrogen) atoms. The fourth-order valence-corrected chi connectivity index (χ4v) is 4.90. The number of carboxylic acids is 1. The molecule has 0 heterocycles. The summed E-state index contributed by atoms with van der Waals surface area (Å²) < 4.78 is 27.6. The number of Topliss-reactive ketones (excluding diaryl/α,β-unsaturated/α-hetero) is 1. The SMILES string of the molecule is CCCC(CC)C(=O)c1c(C(=O)O)c(-c2ccc(OC)c(OC)c2)c2c(OC)c(OC)c(OC)cc2c1O. The number of hydrogen-bond donors (Lipinski definition) is 2. The van der Waals surface area contributed by atoms with Crippen LogP contribution in [-0.4, -0.2) is 57.5 Å². The lowest BCUT2D eigenvalue weighted by Gasteiger charge is -2.23. The van der Waals surface area contributed by atoms with Crippen molar-refractivity contribution in [2.75, 3.05) is 35.5 Å². The number of ether oxygens (including phenoxy) is 5. The number of aromatic hydroxyl groups is 1. The molecule has 0 saturated heterocycles. The summed E-state index contributed by atoms with van der Waals surface area (Å²) in [5.74, 6) is -1.37. The zero-order valence-corrected chi connectivity index (χ0v) is 22.8. The van der Waals surface area contributed by atoms with Crippen molar-refractivity contribution >= 4 is 22.5 Å². The second-order valence-electron chi connectivity index (χ2n) is 8.67. The van der Waals surface area contributed by atoms with Crippen LogP contribution in [0.3, 0.4) is 0 Å². The zero-order chi connectivity index (χ0) is 28.1. The first kappa shape index (κ1) is 28.4. The molecule has 0 bridgehead atoms. The molecule has 1 unspecified atom stereocenters. The molecule has 204 valence electrons. The van der Waals surface area contributed by atoms with Crippen LogP contribution in [0.2, 0.25) is 0 Å². The molecule has 1 atom stereocenters. The van der Waals surface area contributed by atoms with E-state index in [-0.39, 0.29) is 44.7 Å². The Morgan fingerprint density at radius 2 is 1.45 bits per heavy atom. The van der Waals surface area contributed by atoms with Crippen LogP contribution < -0.4 is 23.7 Å². The molecule has 2 N–H and O–H groups in total. The second kappa shape index (κ2) is 11.9. The van der Waals surface area contributed by atoms with Gasteiger partial charge in [-0.25, -0.2) is 4.79 Å². The van der Waals surface area contributed by atoms with Crippen molar-refractivity contribution in [3.05, 3.63) is 35.4 Å². The molecule has 3 aromatic carbocycles. The molecular formula is C29H34O9. The van der Waals surface area contributed by atoms with Gasteiger partial charge >= 0.3 is 5.97 Å². The Morgan fingerprint density at radius 3 is 1.95 bits per heavy atom. The Balaban J connectivity index is 2.67. The number of fused-ring (bicyclic) bond motifs is 1. The molecule has 0 radical (unpaired) electrons. The van der Waals surface area contributed by atoms with Crippen molar-refractivity contribution in [1.82, 2.24) is 0 Å². The number of aromatic carboxylic acids is 1. The van der Waals surface area contributed by atoms with Gasteiger partial charge in [-0.1, -0.05) is 26.3 Å². The number of carbonyl (C=O) groups excluding carboxylic acids is 1. The minimum absolute atomic E-state index is 0.143. The van der Waals surface area contributed by atoms with Gasteiger partial charge in [0.15, 0.2) is 28.8 Å². The Morgan fingerprint density at radius 1 is 0.816 bits per heavy atom. The predicted octanol–water partition coefficient (Wildman–Crippen LogP) is 5.96. The van der Waals surface area contributed by atoms with Gasteiger partial charge in [-0.3, -0.25) is 4.79 Å². The molecule has 3 aromatic rings. The van der Waals surface area contributed by atoms with Crippen LogP contribution in [0.1, 0.15) is 53.8 Å². The maximum Gasteiger partial charge on any atom is 0.337 e. The lowest BCUT2D eigenvalue weighted by Crippen LogP contribution is -2.19. The third kappa shape index (κ3) is 4.76. The van der Waals surface area contributed by atoms with Crippen LogP contribution in [0, 0.1) is 5.92 Å². The van der Waals surface area contributed by atoms with E-state index in [4.69, 9.17) is 23.7 Å². The van der Waals surface area contributed by atoms with E-state index in [0.29, 0.717) is 29.9 Å². The first-order valence-corrected chi connectivity index (χ1v) is 12.3. The number of hydrogen-bond acceptors (Lipinski definition) is 8. The second-order valence-corrected chi connectivity index (χ2v) is 8.67. The topological polar surface area (TPSA) is 121 Å². The van der Waals surface area contributed by atoms with Gasteiger partial charge in [0.1, 0.15) is 5.75 Å². The number of benzene rings is 3. The quantitative estimate of drug-likeness (QED) is 0.275. The van der Waals surface area contributed by atoms with Crippen molar-refractivity contribution in [3.8, 4) is 45.6 Å². The molecule has 0 aromatic heterocycles. The van der Waals surface area contributed by atoms with E-state index in [1.54, 1.807) is 18.2 Å². The summed E-state index contributed by atoms with van der Waals surface area (Å²) in [6.07, 6.45) is 1.76. The number of phenols is 1. The third-order valence-electron chi connectivity index (χ3n) is 6.71. The van der Waals surface area contributed by atoms with Crippen LogP contribution in [0.5, 0.6) is 34.5 Å². The number of rotatable bonds is 12. The minimum Gasteiger partial charge on any atom is -0.507 e. The number of ketones is 1. The number of carboxylic acid groups (broad SMARTS) is 1. The summed E-state index contributed by atoms with van der Waals surface area (Å²) in [5, 5.41) is 22.5. The van der Waals surface area contributed by atoms with E-state index in [9.17, 15) is 19.8 Å². The average Bonchev–Trinajstić information content (AvgIpc) is 2.93. The lowest BCUT2D eigenvalue weighted by molar-refractivity contribution is 0.0690. The lowest BCUT2D eigenvalue weighted by atomic mass is 9.82. The molecule has 0 aliphatic rings. The van der Waals surface area contributed by atoms with Gasteiger partial charge in [0.2, 0.25) is 5.75 Å². The molecule has 0 aliphatic heterocycles. The molecule has 3 rings (SSSR count). The van der Waals surface area contributed by atoms with E-state index >= 15 is 0 Å². The van der Waals surface area contributed by atoms with Gasteiger partial charge in [0, 0.05) is 22.3 Å². The molecule has 0 fully saturated rings. The van der Waals surface area contributed by atoms with Crippen LogP contribution >= 0.6 is 0 Å². The van der Waals surface area contributed by atoms with Crippen molar-refractivity contribution < 1.29 is 43.5 Å². The highest BCUT2D eigenvalue weighted by Gasteiger charge is 2.34. The van der Waals surface area contributed by atoms with Crippen LogP contribution in [-0.2, 0) is 0 Å². The standard InChI is InChI=1S/C29H34O9/c1-8-10-15(9-2)25(30)24-23(29(32)33)21(16-11-12-18(34-3)19(13-16)35-4)22-17(26(24)31)14-20(36-5)27(37-6)28(22)38-7/h11-15,31H,8-10H2,1-7H3,(H,32,33). The van der Waals surface area contributed by atoms with Crippen molar-refractivity contribution in [2.24, 2.45) is 5.92 Å². The van der Waals surface area contributed by atoms with Gasteiger partial charge in [-0.2, -0.15) is 0 Å². The molecule has 0 aliphatic carbocycles. The smallest absolute Gasteiger partial charge is 0.337 e. The fraction of sp³-hybridized carbons (Fsp3) is 0.379. The molecule has 9 nitrogen and oxygen atoms in total. The van der Waals surface area contributed by atoms with Gasteiger partial charge in [-0.05, 0) is 36.6 Å². The summed E-state index contributed by atoms with van der Waals surface area (Å²) in [7, 11) is 7.22. The Kier molecular flexibility index (Phi) is 8.93.